The Kier molecular flexibility index (Phi) is 9.22. The molecule has 0 aliphatic carbocycles. The van der Waals surface area contributed by atoms with Gasteiger partial charge < -0.3 is 5.73 Å². The predicted octanol–water partition coefficient (Wildman–Crippen LogP) is 1.84. The lowest BCUT2D eigenvalue weighted by Gasteiger charge is -2.21. The molecule has 102 valence electrons. The summed E-state index contributed by atoms with van der Waals surface area (Å²) in [6.07, 6.45) is 1.23. The molecule has 0 fully saturated rings. The van der Waals surface area contributed by atoms with Crippen LogP contribution in [0.25, 0.3) is 0 Å². The molecule has 0 aliphatic rings. The Labute approximate surface area is 117 Å². The number of nitrogens with one attached hydrogen (secondary N) is 1. The molecule has 0 bridgehead atoms. The van der Waals surface area contributed by atoms with Gasteiger partial charge in [0.05, 0.1) is 0 Å². The van der Waals surface area contributed by atoms with E-state index in [1.54, 1.807) is 0 Å². The summed E-state index contributed by atoms with van der Waals surface area (Å²) in [5.74, 6) is -0.375. The van der Waals surface area contributed by atoms with Crippen LogP contribution in [0.3, 0.4) is 0 Å². The van der Waals surface area contributed by atoms with Gasteiger partial charge in [-0.3, -0.25) is 10.1 Å². The van der Waals surface area contributed by atoms with Crippen LogP contribution < -0.4 is 11.1 Å². The third-order valence-corrected chi connectivity index (χ3v) is 3.25. The number of halogens is 3. The third kappa shape index (κ3) is 12.2. The molecule has 0 rings (SSSR count). The van der Waals surface area contributed by atoms with Crippen molar-refractivity contribution in [2.24, 2.45) is 5.73 Å². The summed E-state index contributed by atoms with van der Waals surface area (Å²) in [6.45, 7) is 3.72. The van der Waals surface area contributed by atoms with Crippen LogP contribution in [0.5, 0.6) is 0 Å². The molecule has 0 radical (unpaired) electrons. The van der Waals surface area contributed by atoms with Crippen LogP contribution in [0.4, 0.5) is 4.79 Å². The first-order valence-electron chi connectivity index (χ1n) is 4.40. The minimum Gasteiger partial charge on any atom is -0.351 e. The predicted molar refractivity (Wildman–Crippen MR) is 70.6 cm³/mol. The number of carbonyl (C=O) groups is 2. The van der Waals surface area contributed by atoms with Gasteiger partial charge in [0, 0.05) is 21.4 Å². The van der Waals surface area contributed by atoms with Crippen molar-refractivity contribution in [3.8, 4) is 0 Å². The molecule has 3 amide bonds. The number of imide groups is 1. The summed E-state index contributed by atoms with van der Waals surface area (Å²) in [4.78, 5) is 21.6. The number of primary amides is 1. The lowest BCUT2D eigenvalue weighted by atomic mass is 10.0. The standard InChI is InChI=1S/C7H13BrN2O2.Cl2O2S/c1-3-7(8,4-2)5(11)10-6(9)12;1-5(2,3)4/h3-4H2,1-2H3,(H3,9,10,11,12);. The second-order valence-corrected chi connectivity index (χ2v) is 8.06. The van der Waals surface area contributed by atoms with Crippen LogP contribution in [0.2, 0.25) is 0 Å². The quantitative estimate of drug-likeness (QED) is 0.583. The molecule has 0 spiro atoms. The fourth-order valence-corrected chi connectivity index (χ4v) is 0.894. The van der Waals surface area contributed by atoms with Gasteiger partial charge in [-0.25, -0.2) is 4.79 Å². The van der Waals surface area contributed by atoms with E-state index in [1.807, 2.05) is 19.2 Å². The lowest BCUT2D eigenvalue weighted by Crippen LogP contribution is -2.46. The number of alkyl halides is 1. The van der Waals surface area contributed by atoms with E-state index in [-0.39, 0.29) is 5.91 Å². The molecular formula is C7H13BrCl2N2O4S. The molecule has 0 atom stereocenters. The van der Waals surface area contributed by atoms with Gasteiger partial charge in [-0.2, -0.15) is 8.42 Å². The van der Waals surface area contributed by atoms with Gasteiger partial charge in [-0.1, -0.05) is 29.8 Å². The van der Waals surface area contributed by atoms with Gasteiger partial charge >= 0.3 is 14.3 Å². The summed E-state index contributed by atoms with van der Waals surface area (Å²) in [5, 5.41) is 2.04. The van der Waals surface area contributed by atoms with E-state index in [9.17, 15) is 9.59 Å². The highest BCUT2D eigenvalue weighted by atomic mass is 79.9. The molecule has 0 aromatic heterocycles. The van der Waals surface area contributed by atoms with E-state index >= 15 is 0 Å². The molecule has 0 saturated heterocycles. The van der Waals surface area contributed by atoms with Crippen LogP contribution >= 0.6 is 37.3 Å². The summed E-state index contributed by atoms with van der Waals surface area (Å²) >= 11 is 3.26. The molecule has 0 heterocycles. The summed E-state index contributed by atoms with van der Waals surface area (Å²) < 4.78 is 17.7. The van der Waals surface area contributed by atoms with Crippen molar-refractivity contribution < 1.29 is 18.0 Å². The molecule has 17 heavy (non-hydrogen) atoms. The van der Waals surface area contributed by atoms with Crippen molar-refractivity contribution in [1.29, 1.82) is 0 Å². The van der Waals surface area contributed by atoms with Crippen molar-refractivity contribution in [3.63, 3.8) is 0 Å². The average molecular weight is 372 g/mol. The van der Waals surface area contributed by atoms with Gasteiger partial charge in [0.2, 0.25) is 5.91 Å². The SMILES string of the molecule is CCC(Br)(CC)C(=O)NC(N)=O.O=S(=O)(Cl)Cl. The Balaban J connectivity index is 0. The molecule has 6 nitrogen and oxygen atoms in total. The molecule has 3 N–H and O–H groups in total. The van der Waals surface area contributed by atoms with Crippen molar-refractivity contribution in [1.82, 2.24) is 5.32 Å². The maximum absolute atomic E-state index is 11.3. The Hall–Kier alpha value is -0.0500. The topological polar surface area (TPSA) is 106 Å². The van der Waals surface area contributed by atoms with Gasteiger partial charge in [0.25, 0.3) is 0 Å². The van der Waals surface area contributed by atoms with E-state index in [0.29, 0.717) is 12.8 Å². The molecule has 0 saturated carbocycles. The largest absolute Gasteiger partial charge is 0.351 e. The van der Waals surface area contributed by atoms with E-state index in [0.717, 1.165) is 0 Å². The van der Waals surface area contributed by atoms with E-state index in [1.165, 1.54) is 0 Å². The first-order chi connectivity index (χ1) is 7.46. The van der Waals surface area contributed by atoms with E-state index in [2.05, 4.69) is 37.3 Å². The summed E-state index contributed by atoms with van der Waals surface area (Å²) in [5.41, 5.74) is 4.81. The average Bonchev–Trinajstić information content (AvgIpc) is 2.12. The molecule has 0 aromatic rings. The normalized spacial score (nSPS) is 11.1. The van der Waals surface area contributed by atoms with Crippen LogP contribution in [-0.4, -0.2) is 24.7 Å². The van der Waals surface area contributed by atoms with Gasteiger partial charge in [0.1, 0.15) is 4.32 Å². The Morgan fingerprint density at radius 2 is 1.59 bits per heavy atom. The zero-order valence-corrected chi connectivity index (χ0v) is 13.1. The van der Waals surface area contributed by atoms with Gasteiger partial charge in [-0.05, 0) is 12.8 Å². The van der Waals surface area contributed by atoms with E-state index < -0.39 is 18.6 Å². The maximum atomic E-state index is 11.3. The first-order valence-corrected chi connectivity index (χ1v) is 8.33. The maximum Gasteiger partial charge on any atom is 0.318 e. The smallest absolute Gasteiger partial charge is 0.318 e. The van der Waals surface area contributed by atoms with Crippen LogP contribution in [0.15, 0.2) is 0 Å². The lowest BCUT2D eigenvalue weighted by molar-refractivity contribution is -0.122. The summed E-state index contributed by atoms with van der Waals surface area (Å²) in [7, 11) is 4.81. The fraction of sp³-hybridized carbons (Fsp3) is 0.714. The fourth-order valence-electron chi connectivity index (χ4n) is 0.795. The highest BCUT2D eigenvalue weighted by Gasteiger charge is 2.32. The number of hydrogen-bond donors (Lipinski definition) is 2. The zero-order chi connectivity index (χ0) is 14.3. The van der Waals surface area contributed by atoms with Gasteiger partial charge in [0.15, 0.2) is 0 Å². The number of hydrogen-bond acceptors (Lipinski definition) is 4. The third-order valence-electron chi connectivity index (χ3n) is 1.76. The Bertz CT molecular complexity index is 362. The van der Waals surface area contributed by atoms with Crippen molar-refractivity contribution in [3.05, 3.63) is 0 Å². The van der Waals surface area contributed by atoms with Crippen molar-refractivity contribution in [2.75, 3.05) is 0 Å². The highest BCUT2D eigenvalue weighted by Crippen LogP contribution is 2.26. The first kappa shape index (κ1) is 19.3. The highest BCUT2D eigenvalue weighted by molar-refractivity contribution is 9.10. The minimum atomic E-state index is -3.72. The Morgan fingerprint density at radius 3 is 1.76 bits per heavy atom. The van der Waals surface area contributed by atoms with Crippen LogP contribution in [0, 0.1) is 0 Å². The van der Waals surface area contributed by atoms with E-state index in [4.69, 9.17) is 14.2 Å². The van der Waals surface area contributed by atoms with Crippen molar-refractivity contribution in [2.45, 2.75) is 31.0 Å². The number of rotatable bonds is 3. The second kappa shape index (κ2) is 8.12. The van der Waals surface area contributed by atoms with Crippen LogP contribution in [0.1, 0.15) is 26.7 Å². The monoisotopic (exact) mass is 370 g/mol. The molecule has 0 aromatic carbocycles. The molecule has 0 aliphatic heterocycles. The number of carbonyl (C=O) groups excluding carboxylic acids is 2. The minimum absolute atomic E-state index is 0.375. The number of nitrogens with two attached hydrogens (primary N) is 1. The van der Waals surface area contributed by atoms with Crippen molar-refractivity contribution >= 4 is 57.5 Å². The number of amides is 3. The van der Waals surface area contributed by atoms with Crippen LogP contribution in [-0.2, 0) is 13.1 Å². The summed E-state index contributed by atoms with van der Waals surface area (Å²) in [6, 6.07) is -0.814. The molecular weight excluding hydrogens is 359 g/mol. The zero-order valence-electron chi connectivity index (χ0n) is 9.17. The molecule has 10 heteroatoms. The molecule has 0 unspecified atom stereocenters. The number of urea groups is 1. The van der Waals surface area contributed by atoms with Gasteiger partial charge in [-0.15, -0.1) is 0 Å². The second-order valence-electron chi connectivity index (χ2n) is 2.87. The Morgan fingerprint density at radius 1 is 1.29 bits per heavy atom.